The summed E-state index contributed by atoms with van der Waals surface area (Å²) in [5.41, 5.74) is 1.61. The van der Waals surface area contributed by atoms with Crippen molar-refractivity contribution in [2.24, 2.45) is 0 Å². The lowest BCUT2D eigenvalue weighted by molar-refractivity contribution is -0.122. The molecular weight excluding hydrogens is 352 g/mol. The number of nitrogens with zero attached hydrogens (tertiary/aromatic N) is 3. The van der Waals surface area contributed by atoms with Crippen LogP contribution in [0.1, 0.15) is 15.9 Å². The van der Waals surface area contributed by atoms with Gasteiger partial charge in [-0.3, -0.25) is 14.5 Å². The highest BCUT2D eigenvalue weighted by Crippen LogP contribution is 2.10. The van der Waals surface area contributed by atoms with Gasteiger partial charge in [-0.05, 0) is 17.7 Å². The Morgan fingerprint density at radius 2 is 1.77 bits per heavy atom. The van der Waals surface area contributed by atoms with E-state index in [4.69, 9.17) is 11.6 Å². The smallest absolute Gasteiger partial charge is 0.255 e. The van der Waals surface area contributed by atoms with Crippen molar-refractivity contribution >= 4 is 23.4 Å². The first kappa shape index (κ1) is 18.4. The van der Waals surface area contributed by atoms with Gasteiger partial charge >= 0.3 is 0 Å². The number of piperazine rings is 1. The van der Waals surface area contributed by atoms with Gasteiger partial charge < -0.3 is 10.2 Å². The molecule has 0 radical (unpaired) electrons. The number of benzene rings is 1. The Morgan fingerprint density at radius 3 is 2.42 bits per heavy atom. The van der Waals surface area contributed by atoms with E-state index in [1.165, 1.54) is 6.20 Å². The minimum absolute atomic E-state index is 0.00414. The first-order chi connectivity index (χ1) is 12.6. The van der Waals surface area contributed by atoms with Crippen molar-refractivity contribution in [1.82, 2.24) is 20.1 Å². The minimum atomic E-state index is -0.0534. The number of aromatic nitrogens is 1. The van der Waals surface area contributed by atoms with Crippen LogP contribution in [0, 0.1) is 0 Å². The third-order valence-corrected chi connectivity index (χ3v) is 4.56. The summed E-state index contributed by atoms with van der Waals surface area (Å²) in [7, 11) is 0. The maximum absolute atomic E-state index is 12.4. The second-order valence-electron chi connectivity index (χ2n) is 6.20. The zero-order valence-electron chi connectivity index (χ0n) is 14.4. The molecule has 0 bridgehead atoms. The molecule has 1 aromatic carbocycles. The molecule has 1 aliphatic heterocycles. The molecule has 6 nitrogen and oxygen atoms in total. The predicted octanol–water partition coefficient (Wildman–Crippen LogP) is 1.81. The quantitative estimate of drug-likeness (QED) is 0.813. The number of nitrogens with one attached hydrogen (secondary N) is 1. The first-order valence-corrected chi connectivity index (χ1v) is 8.93. The summed E-state index contributed by atoms with van der Waals surface area (Å²) < 4.78 is 0. The van der Waals surface area contributed by atoms with Crippen LogP contribution in [0.2, 0.25) is 5.15 Å². The lowest BCUT2D eigenvalue weighted by Crippen LogP contribution is -2.51. The number of carbonyl (C=O) groups excluding carboxylic acids is 2. The number of rotatable bonds is 5. The van der Waals surface area contributed by atoms with Gasteiger partial charge in [0.2, 0.25) is 5.91 Å². The van der Waals surface area contributed by atoms with Gasteiger partial charge in [0.1, 0.15) is 5.15 Å². The molecule has 0 unspecified atom stereocenters. The van der Waals surface area contributed by atoms with E-state index in [9.17, 15) is 9.59 Å². The van der Waals surface area contributed by atoms with Crippen molar-refractivity contribution in [3.63, 3.8) is 0 Å². The van der Waals surface area contributed by atoms with Gasteiger partial charge in [-0.2, -0.15) is 0 Å². The Bertz CT molecular complexity index is 744. The molecule has 1 fully saturated rings. The number of amides is 2. The van der Waals surface area contributed by atoms with Crippen LogP contribution in [-0.2, 0) is 11.3 Å². The van der Waals surface area contributed by atoms with Gasteiger partial charge in [0.05, 0.1) is 12.1 Å². The molecule has 1 aromatic heterocycles. The van der Waals surface area contributed by atoms with Crippen LogP contribution in [0.15, 0.2) is 48.7 Å². The Hall–Kier alpha value is -2.44. The average molecular weight is 373 g/mol. The number of pyridine rings is 1. The summed E-state index contributed by atoms with van der Waals surface area (Å²) in [6.07, 6.45) is 1.49. The molecule has 1 saturated heterocycles. The Labute approximate surface area is 157 Å². The molecule has 2 heterocycles. The SMILES string of the molecule is O=C(CN1CCN(C(=O)c2ccc(Cl)nc2)CC1)NCc1ccccc1. The molecule has 3 rings (SSSR count). The summed E-state index contributed by atoms with van der Waals surface area (Å²) in [4.78, 5) is 32.3. The highest BCUT2D eigenvalue weighted by Gasteiger charge is 2.23. The highest BCUT2D eigenvalue weighted by atomic mass is 35.5. The highest BCUT2D eigenvalue weighted by molar-refractivity contribution is 6.29. The number of hydrogen-bond donors (Lipinski definition) is 1. The minimum Gasteiger partial charge on any atom is -0.351 e. The summed E-state index contributed by atoms with van der Waals surface area (Å²) >= 11 is 5.75. The molecular formula is C19H21ClN4O2. The lowest BCUT2D eigenvalue weighted by Gasteiger charge is -2.34. The number of carbonyl (C=O) groups is 2. The zero-order chi connectivity index (χ0) is 18.4. The van der Waals surface area contributed by atoms with Crippen LogP contribution in [0.4, 0.5) is 0 Å². The molecule has 1 N–H and O–H groups in total. The molecule has 0 aliphatic carbocycles. The van der Waals surface area contributed by atoms with Crippen LogP contribution in [0.25, 0.3) is 0 Å². The summed E-state index contributed by atoms with van der Waals surface area (Å²) in [5.74, 6) is -0.0575. The third kappa shape index (κ3) is 5.03. The van der Waals surface area contributed by atoms with Crippen LogP contribution >= 0.6 is 11.6 Å². The fraction of sp³-hybridized carbons (Fsp3) is 0.316. The van der Waals surface area contributed by atoms with Crippen molar-refractivity contribution in [2.45, 2.75) is 6.54 Å². The Balaban J connectivity index is 1.42. The first-order valence-electron chi connectivity index (χ1n) is 8.55. The van der Waals surface area contributed by atoms with Gasteiger partial charge in [0.15, 0.2) is 0 Å². The Kier molecular flexibility index (Phi) is 6.20. The monoisotopic (exact) mass is 372 g/mol. The van der Waals surface area contributed by atoms with E-state index in [2.05, 4.69) is 15.2 Å². The van der Waals surface area contributed by atoms with E-state index < -0.39 is 0 Å². The lowest BCUT2D eigenvalue weighted by atomic mass is 10.2. The molecule has 2 aromatic rings. The standard InChI is InChI=1S/C19H21ClN4O2/c20-17-7-6-16(13-21-17)19(26)24-10-8-23(9-11-24)14-18(25)22-12-15-4-2-1-3-5-15/h1-7,13H,8-12,14H2,(H,22,25). The second kappa shape index (κ2) is 8.78. The van der Waals surface area contributed by atoms with Crippen molar-refractivity contribution in [1.29, 1.82) is 0 Å². The van der Waals surface area contributed by atoms with E-state index >= 15 is 0 Å². The Morgan fingerprint density at radius 1 is 1.04 bits per heavy atom. The van der Waals surface area contributed by atoms with Gasteiger partial charge in [-0.25, -0.2) is 4.98 Å². The predicted molar refractivity (Wildman–Crippen MR) is 99.9 cm³/mol. The van der Waals surface area contributed by atoms with Gasteiger partial charge in [-0.1, -0.05) is 41.9 Å². The van der Waals surface area contributed by atoms with Crippen LogP contribution in [0.5, 0.6) is 0 Å². The van der Waals surface area contributed by atoms with E-state index in [-0.39, 0.29) is 11.8 Å². The van der Waals surface area contributed by atoms with Gasteiger partial charge in [0, 0.05) is 38.9 Å². The largest absolute Gasteiger partial charge is 0.351 e. The number of halogens is 1. The molecule has 0 saturated carbocycles. The fourth-order valence-corrected chi connectivity index (χ4v) is 2.96. The van der Waals surface area contributed by atoms with E-state index in [0.29, 0.717) is 50.0 Å². The van der Waals surface area contributed by atoms with Crippen molar-refractivity contribution in [3.8, 4) is 0 Å². The van der Waals surface area contributed by atoms with Crippen molar-refractivity contribution in [3.05, 3.63) is 64.9 Å². The second-order valence-corrected chi connectivity index (χ2v) is 6.59. The topological polar surface area (TPSA) is 65.5 Å². The maximum atomic E-state index is 12.4. The van der Waals surface area contributed by atoms with Crippen molar-refractivity contribution in [2.75, 3.05) is 32.7 Å². The molecule has 0 spiro atoms. The van der Waals surface area contributed by atoms with Gasteiger partial charge in [0.25, 0.3) is 5.91 Å². The van der Waals surface area contributed by atoms with E-state index in [0.717, 1.165) is 5.56 Å². The maximum Gasteiger partial charge on any atom is 0.255 e. The molecule has 1 aliphatic rings. The molecule has 7 heteroatoms. The molecule has 136 valence electrons. The van der Waals surface area contributed by atoms with Crippen LogP contribution < -0.4 is 5.32 Å². The van der Waals surface area contributed by atoms with Crippen molar-refractivity contribution < 1.29 is 9.59 Å². The third-order valence-electron chi connectivity index (χ3n) is 4.33. The number of hydrogen-bond acceptors (Lipinski definition) is 4. The van der Waals surface area contributed by atoms with Gasteiger partial charge in [-0.15, -0.1) is 0 Å². The molecule has 2 amide bonds. The van der Waals surface area contributed by atoms with E-state index in [1.54, 1.807) is 17.0 Å². The fourth-order valence-electron chi connectivity index (χ4n) is 2.85. The normalized spacial score (nSPS) is 14.9. The zero-order valence-corrected chi connectivity index (χ0v) is 15.2. The summed E-state index contributed by atoms with van der Waals surface area (Å²) in [6.45, 7) is 3.40. The summed E-state index contributed by atoms with van der Waals surface area (Å²) in [6, 6.07) is 13.1. The average Bonchev–Trinajstić information content (AvgIpc) is 2.68. The molecule has 26 heavy (non-hydrogen) atoms. The van der Waals surface area contributed by atoms with Crippen LogP contribution in [0.3, 0.4) is 0 Å². The molecule has 0 atom stereocenters. The summed E-state index contributed by atoms with van der Waals surface area (Å²) in [5, 5.41) is 3.30. The van der Waals surface area contributed by atoms with Crippen LogP contribution in [-0.4, -0.2) is 59.3 Å². The van der Waals surface area contributed by atoms with E-state index in [1.807, 2.05) is 30.3 Å².